The zero-order chi connectivity index (χ0) is 13.3. The Morgan fingerprint density at radius 1 is 1.44 bits per heavy atom. The molecule has 1 aromatic rings. The fraction of sp³-hybridized carbons (Fsp3) is 0.786. The van der Waals surface area contributed by atoms with Crippen LogP contribution < -0.4 is 10.6 Å². The minimum atomic E-state index is 0.0882. The van der Waals surface area contributed by atoms with Crippen LogP contribution in [-0.2, 0) is 12.0 Å². The molecular formula is C14H25N3S. The zero-order valence-electron chi connectivity index (χ0n) is 12.0. The van der Waals surface area contributed by atoms with Crippen LogP contribution in [0.5, 0.6) is 0 Å². The summed E-state index contributed by atoms with van der Waals surface area (Å²) in [6.45, 7) is 11.9. The molecular weight excluding hydrogens is 242 g/mol. The van der Waals surface area contributed by atoms with E-state index in [1.165, 1.54) is 28.5 Å². The fourth-order valence-electron chi connectivity index (χ4n) is 2.56. The van der Waals surface area contributed by atoms with Gasteiger partial charge >= 0.3 is 0 Å². The van der Waals surface area contributed by atoms with E-state index in [4.69, 9.17) is 10.7 Å². The van der Waals surface area contributed by atoms with Crippen LogP contribution in [0.15, 0.2) is 0 Å². The van der Waals surface area contributed by atoms with Crippen molar-refractivity contribution in [2.24, 2.45) is 11.7 Å². The summed E-state index contributed by atoms with van der Waals surface area (Å²) in [7, 11) is 0. The van der Waals surface area contributed by atoms with Crippen LogP contribution >= 0.6 is 11.3 Å². The summed E-state index contributed by atoms with van der Waals surface area (Å²) in [6, 6.07) is 0. The Morgan fingerprint density at radius 2 is 2.17 bits per heavy atom. The average Bonchev–Trinajstić information content (AvgIpc) is 2.72. The minimum absolute atomic E-state index is 0.0882. The van der Waals surface area contributed by atoms with Gasteiger partial charge in [-0.2, -0.15) is 0 Å². The molecule has 1 aliphatic heterocycles. The van der Waals surface area contributed by atoms with E-state index in [0.29, 0.717) is 6.54 Å². The Hall–Kier alpha value is -0.610. The lowest BCUT2D eigenvalue weighted by molar-refractivity contribution is 0.445. The Morgan fingerprint density at radius 3 is 2.67 bits per heavy atom. The van der Waals surface area contributed by atoms with Crippen molar-refractivity contribution in [3.8, 4) is 0 Å². The van der Waals surface area contributed by atoms with Crippen molar-refractivity contribution < 1.29 is 0 Å². The lowest BCUT2D eigenvalue weighted by Gasteiger charge is -2.30. The molecule has 3 nitrogen and oxygen atoms in total. The maximum Gasteiger partial charge on any atom is 0.185 e. The smallest absolute Gasteiger partial charge is 0.185 e. The van der Waals surface area contributed by atoms with Crippen LogP contribution in [0.4, 0.5) is 5.13 Å². The van der Waals surface area contributed by atoms with E-state index in [-0.39, 0.29) is 5.41 Å². The second-order valence-electron chi connectivity index (χ2n) is 6.42. The van der Waals surface area contributed by atoms with Gasteiger partial charge in [-0.25, -0.2) is 4.98 Å². The van der Waals surface area contributed by atoms with E-state index in [1.807, 2.05) is 0 Å². The van der Waals surface area contributed by atoms with Crippen molar-refractivity contribution in [1.82, 2.24) is 4.98 Å². The standard InChI is InChI=1S/C14H25N3S/c1-10-6-5-7-17(9-10)13-16-12(14(2,3)4)11(8-15)18-13/h10H,5-9,15H2,1-4H3. The van der Waals surface area contributed by atoms with Gasteiger partial charge in [0.25, 0.3) is 0 Å². The summed E-state index contributed by atoms with van der Waals surface area (Å²) < 4.78 is 0. The predicted octanol–water partition coefficient (Wildman–Crippen LogP) is 3.14. The Labute approximate surface area is 114 Å². The first-order valence-electron chi connectivity index (χ1n) is 6.87. The van der Waals surface area contributed by atoms with Crippen molar-refractivity contribution in [2.45, 2.75) is 52.5 Å². The van der Waals surface area contributed by atoms with Gasteiger partial charge in [-0.1, -0.05) is 27.7 Å². The van der Waals surface area contributed by atoms with Crippen molar-refractivity contribution in [3.05, 3.63) is 10.6 Å². The maximum atomic E-state index is 5.87. The van der Waals surface area contributed by atoms with Gasteiger partial charge in [0.1, 0.15) is 0 Å². The lowest BCUT2D eigenvalue weighted by Crippen LogP contribution is -2.34. The first kappa shape index (κ1) is 13.8. The molecule has 1 atom stereocenters. The molecule has 2 heterocycles. The first-order valence-corrected chi connectivity index (χ1v) is 7.68. The number of piperidine rings is 1. The van der Waals surface area contributed by atoms with Gasteiger partial charge in [-0.05, 0) is 18.8 Å². The van der Waals surface area contributed by atoms with Gasteiger partial charge in [-0.15, -0.1) is 11.3 Å². The minimum Gasteiger partial charge on any atom is -0.348 e. The molecule has 1 fully saturated rings. The molecule has 1 saturated heterocycles. The molecule has 1 aromatic heterocycles. The molecule has 0 saturated carbocycles. The summed E-state index contributed by atoms with van der Waals surface area (Å²) in [5.74, 6) is 0.780. The number of nitrogens with zero attached hydrogens (tertiary/aromatic N) is 2. The Kier molecular flexibility index (Phi) is 3.97. The number of hydrogen-bond acceptors (Lipinski definition) is 4. The second-order valence-corrected chi connectivity index (χ2v) is 7.48. The van der Waals surface area contributed by atoms with Crippen LogP contribution in [0.3, 0.4) is 0 Å². The molecule has 1 unspecified atom stereocenters. The molecule has 0 amide bonds. The van der Waals surface area contributed by atoms with Crippen molar-refractivity contribution >= 4 is 16.5 Å². The van der Waals surface area contributed by atoms with Crippen LogP contribution in [0, 0.1) is 5.92 Å². The van der Waals surface area contributed by atoms with Gasteiger partial charge in [0, 0.05) is 29.9 Å². The summed E-state index contributed by atoms with van der Waals surface area (Å²) in [5.41, 5.74) is 7.14. The van der Waals surface area contributed by atoms with E-state index in [2.05, 4.69) is 32.6 Å². The number of thiazole rings is 1. The van der Waals surface area contributed by atoms with Crippen molar-refractivity contribution in [2.75, 3.05) is 18.0 Å². The highest BCUT2D eigenvalue weighted by Crippen LogP contribution is 2.35. The highest BCUT2D eigenvalue weighted by atomic mass is 32.1. The quantitative estimate of drug-likeness (QED) is 0.895. The van der Waals surface area contributed by atoms with Crippen LogP contribution in [-0.4, -0.2) is 18.1 Å². The van der Waals surface area contributed by atoms with E-state index in [0.717, 1.165) is 19.0 Å². The fourth-order valence-corrected chi connectivity index (χ4v) is 3.75. The molecule has 18 heavy (non-hydrogen) atoms. The van der Waals surface area contributed by atoms with Gasteiger partial charge in [-0.3, -0.25) is 0 Å². The Bertz CT molecular complexity index is 406. The molecule has 0 bridgehead atoms. The third kappa shape index (κ3) is 2.86. The molecule has 2 rings (SSSR count). The topological polar surface area (TPSA) is 42.2 Å². The van der Waals surface area contributed by atoms with Gasteiger partial charge < -0.3 is 10.6 Å². The van der Waals surface area contributed by atoms with E-state index >= 15 is 0 Å². The molecule has 0 spiro atoms. The third-order valence-electron chi connectivity index (χ3n) is 3.51. The predicted molar refractivity (Wildman–Crippen MR) is 79.3 cm³/mol. The highest BCUT2D eigenvalue weighted by Gasteiger charge is 2.26. The summed E-state index contributed by atoms with van der Waals surface area (Å²) in [6.07, 6.45) is 2.63. The van der Waals surface area contributed by atoms with Crippen LogP contribution in [0.25, 0.3) is 0 Å². The van der Waals surface area contributed by atoms with Gasteiger partial charge in [0.05, 0.1) is 5.69 Å². The number of aromatic nitrogens is 1. The molecule has 2 N–H and O–H groups in total. The average molecular weight is 267 g/mol. The Balaban J connectivity index is 2.26. The van der Waals surface area contributed by atoms with Gasteiger partial charge in [0.15, 0.2) is 5.13 Å². The molecule has 0 aliphatic carbocycles. The zero-order valence-corrected chi connectivity index (χ0v) is 12.8. The summed E-state index contributed by atoms with van der Waals surface area (Å²) >= 11 is 1.78. The monoisotopic (exact) mass is 267 g/mol. The normalized spacial score (nSPS) is 21.4. The van der Waals surface area contributed by atoms with Crippen LogP contribution in [0.1, 0.15) is 51.1 Å². The highest BCUT2D eigenvalue weighted by molar-refractivity contribution is 7.15. The SMILES string of the molecule is CC1CCCN(c2nc(C(C)(C)C)c(CN)s2)C1. The molecule has 102 valence electrons. The molecule has 0 aromatic carbocycles. The molecule has 1 aliphatic rings. The summed E-state index contributed by atoms with van der Waals surface area (Å²) in [4.78, 5) is 8.56. The second kappa shape index (κ2) is 5.17. The number of hydrogen-bond donors (Lipinski definition) is 1. The lowest BCUT2D eigenvalue weighted by atomic mass is 9.91. The van der Waals surface area contributed by atoms with E-state index in [9.17, 15) is 0 Å². The summed E-state index contributed by atoms with van der Waals surface area (Å²) in [5, 5.41) is 1.17. The maximum absolute atomic E-state index is 5.87. The first-order chi connectivity index (χ1) is 8.41. The van der Waals surface area contributed by atoms with Crippen molar-refractivity contribution in [3.63, 3.8) is 0 Å². The van der Waals surface area contributed by atoms with Crippen molar-refractivity contribution in [1.29, 1.82) is 0 Å². The van der Waals surface area contributed by atoms with E-state index < -0.39 is 0 Å². The number of rotatable bonds is 2. The molecule has 0 radical (unpaired) electrons. The number of nitrogens with two attached hydrogens (primary N) is 1. The van der Waals surface area contributed by atoms with Gasteiger partial charge in [0.2, 0.25) is 0 Å². The molecule has 4 heteroatoms. The van der Waals surface area contributed by atoms with E-state index in [1.54, 1.807) is 11.3 Å². The largest absolute Gasteiger partial charge is 0.348 e. The van der Waals surface area contributed by atoms with Crippen LogP contribution in [0.2, 0.25) is 0 Å². The third-order valence-corrected chi connectivity index (χ3v) is 4.65. The number of anilines is 1.